The fourth-order valence-electron chi connectivity index (χ4n) is 3.37. The quantitative estimate of drug-likeness (QED) is 0.486. The zero-order valence-corrected chi connectivity index (χ0v) is 15.7. The van der Waals surface area contributed by atoms with E-state index in [1.165, 1.54) is 6.33 Å². The Hall–Kier alpha value is -2.57. The molecule has 0 aliphatic carbocycles. The summed E-state index contributed by atoms with van der Waals surface area (Å²) in [7, 11) is 0. The van der Waals surface area contributed by atoms with E-state index in [1.54, 1.807) is 11.0 Å². The summed E-state index contributed by atoms with van der Waals surface area (Å²) in [5.41, 5.74) is 1.48. The zero-order chi connectivity index (χ0) is 18.7. The van der Waals surface area contributed by atoms with Crippen LogP contribution in [0.4, 0.5) is 0 Å². The molecular weight excluding hydrogens is 332 g/mol. The van der Waals surface area contributed by atoms with Gasteiger partial charge in [-0.15, -0.1) is 0 Å². The first-order chi connectivity index (χ1) is 12.4. The number of rotatable bonds is 6. The highest BCUT2D eigenvalue weighted by Gasteiger charge is 2.35. The van der Waals surface area contributed by atoms with E-state index in [9.17, 15) is 5.21 Å². The van der Waals surface area contributed by atoms with Crippen LogP contribution in [0.15, 0.2) is 36.0 Å². The number of nitrogens with zero attached hydrogens (tertiary/aromatic N) is 4. The number of oxime groups is 1. The Balaban J connectivity index is 1.80. The lowest BCUT2D eigenvalue weighted by Gasteiger charge is -2.29. The third-order valence-electron chi connectivity index (χ3n) is 4.52. The van der Waals surface area contributed by atoms with Crippen LogP contribution in [0.25, 0.3) is 0 Å². The molecular formula is C19H26N4O3. The molecule has 1 N–H and O–H groups in total. The molecule has 1 aromatic heterocycles. The molecule has 0 amide bonds. The van der Waals surface area contributed by atoms with Gasteiger partial charge in [0.25, 0.3) is 0 Å². The summed E-state index contributed by atoms with van der Waals surface area (Å²) in [6.45, 7) is 8.66. The number of hydrogen-bond acceptors (Lipinski definition) is 6. The predicted octanol–water partition coefficient (Wildman–Crippen LogP) is 3.49. The molecule has 0 bridgehead atoms. The highest BCUT2D eigenvalue weighted by molar-refractivity contribution is 5.92. The maximum absolute atomic E-state index is 9.64. The topological polar surface area (TPSA) is 81.8 Å². The highest BCUT2D eigenvalue weighted by atomic mass is 16.5. The average Bonchev–Trinajstić information content (AvgIpc) is 3.22. The van der Waals surface area contributed by atoms with Crippen LogP contribution in [0, 0.1) is 5.41 Å². The Kier molecular flexibility index (Phi) is 5.15. The van der Waals surface area contributed by atoms with Crippen LogP contribution in [0.5, 0.6) is 11.5 Å². The van der Waals surface area contributed by atoms with Crippen LogP contribution >= 0.6 is 0 Å². The lowest BCUT2D eigenvalue weighted by molar-refractivity contribution is 0.200. The van der Waals surface area contributed by atoms with Crippen LogP contribution < -0.4 is 9.47 Å². The second kappa shape index (κ2) is 7.35. The third-order valence-corrected chi connectivity index (χ3v) is 4.52. The molecule has 140 valence electrons. The summed E-state index contributed by atoms with van der Waals surface area (Å²) in [4.78, 5) is 4.05. The van der Waals surface area contributed by atoms with E-state index >= 15 is 0 Å². The summed E-state index contributed by atoms with van der Waals surface area (Å²) < 4.78 is 13.4. The molecule has 2 atom stereocenters. The van der Waals surface area contributed by atoms with Gasteiger partial charge >= 0.3 is 0 Å². The number of fused-ring (bicyclic) bond motifs is 1. The maximum atomic E-state index is 9.64. The van der Waals surface area contributed by atoms with Crippen molar-refractivity contribution in [3.8, 4) is 11.5 Å². The minimum Gasteiger partial charge on any atom is -0.494 e. The number of aromatic nitrogens is 3. The Labute approximate surface area is 153 Å². The summed E-state index contributed by atoms with van der Waals surface area (Å²) in [5.74, 6) is 1.74. The van der Waals surface area contributed by atoms with Gasteiger partial charge in [-0.05, 0) is 25.1 Å². The van der Waals surface area contributed by atoms with Gasteiger partial charge in [0.05, 0.1) is 18.4 Å². The molecule has 7 nitrogen and oxygen atoms in total. The van der Waals surface area contributed by atoms with Gasteiger partial charge in [-0.3, -0.25) is 0 Å². The van der Waals surface area contributed by atoms with Crippen molar-refractivity contribution >= 4 is 5.71 Å². The molecule has 1 aliphatic heterocycles. The first-order valence-corrected chi connectivity index (χ1v) is 8.91. The molecule has 0 radical (unpaired) electrons. The van der Waals surface area contributed by atoms with E-state index in [0.29, 0.717) is 18.7 Å². The standard InChI is InChI=1S/C19H26N4O3/c1-5-25-14-6-7-17-13(8-14)9-15(26-17)10-16(23-12-20-11-21-23)18(22-24)19(2,3)4/h6-8,11-12,15-16,24H,5,9-10H2,1-4H3. The lowest BCUT2D eigenvalue weighted by atomic mass is 9.83. The normalized spacial score (nSPS) is 18.3. The van der Waals surface area contributed by atoms with Gasteiger partial charge in [0.15, 0.2) is 0 Å². The van der Waals surface area contributed by atoms with E-state index in [0.717, 1.165) is 23.5 Å². The van der Waals surface area contributed by atoms with E-state index < -0.39 is 0 Å². The van der Waals surface area contributed by atoms with E-state index in [-0.39, 0.29) is 17.6 Å². The monoisotopic (exact) mass is 358 g/mol. The third kappa shape index (κ3) is 3.81. The first-order valence-electron chi connectivity index (χ1n) is 8.91. The van der Waals surface area contributed by atoms with Gasteiger partial charge in [0.2, 0.25) is 0 Å². The smallest absolute Gasteiger partial charge is 0.137 e. The van der Waals surface area contributed by atoms with Crippen molar-refractivity contribution in [3.05, 3.63) is 36.4 Å². The van der Waals surface area contributed by atoms with Crippen LogP contribution in [0.1, 0.15) is 45.7 Å². The largest absolute Gasteiger partial charge is 0.494 e. The van der Waals surface area contributed by atoms with Crippen molar-refractivity contribution < 1.29 is 14.7 Å². The molecule has 0 fully saturated rings. The zero-order valence-electron chi connectivity index (χ0n) is 15.7. The van der Waals surface area contributed by atoms with Crippen molar-refractivity contribution in [3.63, 3.8) is 0 Å². The fourth-order valence-corrected chi connectivity index (χ4v) is 3.37. The van der Waals surface area contributed by atoms with Crippen molar-refractivity contribution in [1.82, 2.24) is 14.8 Å². The number of hydrogen-bond donors (Lipinski definition) is 1. The van der Waals surface area contributed by atoms with E-state index in [4.69, 9.17) is 9.47 Å². The average molecular weight is 358 g/mol. The molecule has 2 unspecified atom stereocenters. The number of ether oxygens (including phenoxy) is 2. The van der Waals surface area contributed by atoms with Crippen LogP contribution in [-0.2, 0) is 6.42 Å². The molecule has 1 aliphatic rings. The van der Waals surface area contributed by atoms with E-state index in [2.05, 4.69) is 15.2 Å². The molecule has 26 heavy (non-hydrogen) atoms. The van der Waals surface area contributed by atoms with Crippen molar-refractivity contribution in [2.24, 2.45) is 10.6 Å². The SMILES string of the molecule is CCOc1ccc2c(c1)CC(CC(C(=NO)C(C)(C)C)n1cncn1)O2. The first kappa shape index (κ1) is 18.2. The van der Waals surface area contributed by atoms with Gasteiger partial charge in [-0.1, -0.05) is 25.9 Å². The fraction of sp³-hybridized carbons (Fsp3) is 0.526. The Bertz CT molecular complexity index is 766. The van der Waals surface area contributed by atoms with Gasteiger partial charge in [-0.2, -0.15) is 5.10 Å². The lowest BCUT2D eigenvalue weighted by Crippen LogP contribution is -2.34. The molecule has 3 rings (SSSR count). The molecule has 0 spiro atoms. The van der Waals surface area contributed by atoms with Crippen LogP contribution in [-0.4, -0.2) is 38.4 Å². The minimum absolute atomic E-state index is 0.0322. The van der Waals surface area contributed by atoms with Crippen molar-refractivity contribution in [2.45, 2.75) is 52.7 Å². The maximum Gasteiger partial charge on any atom is 0.137 e. The highest BCUT2D eigenvalue weighted by Crippen LogP contribution is 2.36. The van der Waals surface area contributed by atoms with Crippen molar-refractivity contribution in [1.29, 1.82) is 0 Å². The molecule has 0 saturated heterocycles. The summed E-state index contributed by atoms with van der Waals surface area (Å²) in [6, 6.07) is 5.69. The Morgan fingerprint density at radius 2 is 2.27 bits per heavy atom. The second-order valence-electron chi connectivity index (χ2n) is 7.51. The molecule has 2 heterocycles. The molecule has 0 saturated carbocycles. The predicted molar refractivity (Wildman–Crippen MR) is 98.1 cm³/mol. The molecule has 1 aromatic carbocycles. The van der Waals surface area contributed by atoms with Gasteiger partial charge in [0, 0.05) is 23.8 Å². The van der Waals surface area contributed by atoms with Crippen molar-refractivity contribution in [2.75, 3.05) is 6.61 Å². The minimum atomic E-state index is -0.307. The van der Waals surface area contributed by atoms with Gasteiger partial charge < -0.3 is 14.7 Å². The summed E-state index contributed by atoms with van der Waals surface area (Å²) >= 11 is 0. The summed E-state index contributed by atoms with van der Waals surface area (Å²) in [5, 5.41) is 17.5. The Morgan fingerprint density at radius 1 is 1.46 bits per heavy atom. The van der Waals surface area contributed by atoms with Crippen LogP contribution in [0.3, 0.4) is 0 Å². The molecule has 2 aromatic rings. The second-order valence-corrected chi connectivity index (χ2v) is 7.51. The van der Waals surface area contributed by atoms with Gasteiger partial charge in [-0.25, -0.2) is 9.67 Å². The Morgan fingerprint density at radius 3 is 2.88 bits per heavy atom. The summed E-state index contributed by atoms with van der Waals surface area (Å²) in [6.07, 6.45) is 4.53. The van der Waals surface area contributed by atoms with Gasteiger partial charge in [0.1, 0.15) is 30.3 Å². The van der Waals surface area contributed by atoms with Crippen LogP contribution in [0.2, 0.25) is 0 Å². The molecule has 7 heteroatoms. The van der Waals surface area contributed by atoms with E-state index in [1.807, 2.05) is 45.9 Å². The number of benzene rings is 1.